The van der Waals surface area contributed by atoms with Crippen LogP contribution in [-0.4, -0.2) is 6.54 Å². The highest BCUT2D eigenvalue weighted by Crippen LogP contribution is 2.50. The van der Waals surface area contributed by atoms with Crippen LogP contribution < -0.4 is 5.32 Å². The summed E-state index contributed by atoms with van der Waals surface area (Å²) in [5.74, 6) is 1.28. The van der Waals surface area contributed by atoms with E-state index in [1.807, 2.05) is 0 Å². The minimum absolute atomic E-state index is 0.281. The third-order valence-corrected chi connectivity index (χ3v) is 4.96. The first kappa shape index (κ1) is 12.5. The Morgan fingerprint density at radius 1 is 1.21 bits per heavy atom. The molecule has 3 rings (SSSR count). The van der Waals surface area contributed by atoms with E-state index in [0.717, 1.165) is 6.54 Å². The summed E-state index contributed by atoms with van der Waals surface area (Å²) < 4.78 is 0. The minimum atomic E-state index is 0.281. The van der Waals surface area contributed by atoms with Crippen LogP contribution in [0.5, 0.6) is 0 Å². The third-order valence-electron chi connectivity index (χ3n) is 4.96. The molecule has 0 radical (unpaired) electrons. The van der Waals surface area contributed by atoms with Crippen LogP contribution in [0.4, 0.5) is 5.69 Å². The van der Waals surface area contributed by atoms with Crippen molar-refractivity contribution in [2.75, 3.05) is 11.9 Å². The molecule has 0 amide bonds. The lowest BCUT2D eigenvalue weighted by atomic mass is 9.58. The van der Waals surface area contributed by atoms with Crippen LogP contribution in [-0.2, 0) is 5.41 Å². The molecular formula is C18H23N. The van der Waals surface area contributed by atoms with Gasteiger partial charge in [-0.05, 0) is 36.3 Å². The molecule has 0 bridgehead atoms. The van der Waals surface area contributed by atoms with E-state index in [0.29, 0.717) is 11.8 Å². The Balaban J connectivity index is 2.12. The summed E-state index contributed by atoms with van der Waals surface area (Å²) in [5, 5.41) is 3.57. The molecular weight excluding hydrogens is 230 g/mol. The normalized spacial score (nSPS) is 29.1. The molecule has 1 aromatic rings. The van der Waals surface area contributed by atoms with Gasteiger partial charge in [0.1, 0.15) is 0 Å². The maximum absolute atomic E-state index is 3.57. The van der Waals surface area contributed by atoms with Gasteiger partial charge < -0.3 is 5.32 Å². The SMILES string of the molecule is CC(C)C1(C2C=CC=CC2)CCNc2ccccc21. The Bertz CT molecular complexity index is 512. The minimum Gasteiger partial charge on any atom is -0.385 e. The van der Waals surface area contributed by atoms with Gasteiger partial charge in [0, 0.05) is 17.6 Å². The van der Waals surface area contributed by atoms with Crippen LogP contribution in [0.15, 0.2) is 48.6 Å². The van der Waals surface area contributed by atoms with Gasteiger partial charge in [-0.15, -0.1) is 0 Å². The number of nitrogens with one attached hydrogen (secondary N) is 1. The zero-order valence-electron chi connectivity index (χ0n) is 11.9. The molecule has 0 saturated carbocycles. The van der Waals surface area contributed by atoms with Gasteiger partial charge in [0.05, 0.1) is 0 Å². The average Bonchev–Trinajstić information content (AvgIpc) is 2.47. The number of hydrogen-bond donors (Lipinski definition) is 1. The summed E-state index contributed by atoms with van der Waals surface area (Å²) >= 11 is 0. The maximum Gasteiger partial charge on any atom is 0.0378 e. The fraction of sp³-hybridized carbons (Fsp3) is 0.444. The quantitative estimate of drug-likeness (QED) is 0.816. The molecule has 2 aliphatic rings. The number of hydrogen-bond acceptors (Lipinski definition) is 1. The highest BCUT2D eigenvalue weighted by Gasteiger charge is 2.44. The smallest absolute Gasteiger partial charge is 0.0378 e. The zero-order valence-corrected chi connectivity index (χ0v) is 11.9. The molecule has 2 atom stereocenters. The molecule has 0 saturated heterocycles. The molecule has 100 valence electrons. The van der Waals surface area contributed by atoms with Crippen LogP contribution in [0, 0.1) is 11.8 Å². The first-order valence-corrected chi connectivity index (χ1v) is 7.42. The molecule has 0 fully saturated rings. The molecule has 1 aromatic carbocycles. The second-order valence-corrected chi connectivity index (χ2v) is 6.07. The van der Waals surface area contributed by atoms with Crippen molar-refractivity contribution in [3.8, 4) is 0 Å². The molecule has 1 heterocycles. The highest BCUT2D eigenvalue weighted by molar-refractivity contribution is 5.58. The first-order valence-electron chi connectivity index (χ1n) is 7.42. The van der Waals surface area contributed by atoms with Gasteiger partial charge in [0.15, 0.2) is 0 Å². The van der Waals surface area contributed by atoms with Crippen molar-refractivity contribution < 1.29 is 0 Å². The van der Waals surface area contributed by atoms with E-state index in [4.69, 9.17) is 0 Å². The van der Waals surface area contributed by atoms with Crippen molar-refractivity contribution in [1.29, 1.82) is 0 Å². The summed E-state index contributed by atoms with van der Waals surface area (Å²) in [4.78, 5) is 0. The van der Waals surface area contributed by atoms with Gasteiger partial charge in [-0.2, -0.15) is 0 Å². The Labute approximate surface area is 116 Å². The predicted molar refractivity (Wildman–Crippen MR) is 82.5 cm³/mol. The number of benzene rings is 1. The number of allylic oxidation sites excluding steroid dienone is 4. The molecule has 2 unspecified atom stereocenters. The van der Waals surface area contributed by atoms with Gasteiger partial charge in [-0.25, -0.2) is 0 Å². The van der Waals surface area contributed by atoms with Crippen molar-refractivity contribution in [2.45, 2.75) is 32.1 Å². The van der Waals surface area contributed by atoms with E-state index >= 15 is 0 Å². The van der Waals surface area contributed by atoms with E-state index in [1.54, 1.807) is 0 Å². The van der Waals surface area contributed by atoms with Crippen LogP contribution in [0.3, 0.4) is 0 Å². The van der Waals surface area contributed by atoms with Crippen molar-refractivity contribution in [1.82, 2.24) is 0 Å². The Morgan fingerprint density at radius 3 is 2.79 bits per heavy atom. The summed E-state index contributed by atoms with van der Waals surface area (Å²) in [6.07, 6.45) is 11.5. The van der Waals surface area contributed by atoms with Crippen LogP contribution >= 0.6 is 0 Å². The van der Waals surface area contributed by atoms with Gasteiger partial charge in [0.2, 0.25) is 0 Å². The fourth-order valence-corrected chi connectivity index (χ4v) is 3.96. The Morgan fingerprint density at radius 2 is 2.05 bits per heavy atom. The predicted octanol–water partition coefficient (Wildman–Crippen LogP) is 4.53. The molecule has 1 aliphatic heterocycles. The summed E-state index contributed by atoms with van der Waals surface area (Å²) in [6.45, 7) is 5.85. The lowest BCUT2D eigenvalue weighted by molar-refractivity contribution is 0.209. The van der Waals surface area contributed by atoms with Gasteiger partial charge in [0.25, 0.3) is 0 Å². The number of rotatable bonds is 2. The van der Waals surface area contributed by atoms with Gasteiger partial charge >= 0.3 is 0 Å². The van der Waals surface area contributed by atoms with Crippen molar-refractivity contribution in [3.05, 3.63) is 54.1 Å². The van der Waals surface area contributed by atoms with Crippen LogP contribution in [0.1, 0.15) is 32.3 Å². The Hall–Kier alpha value is -1.50. The highest BCUT2D eigenvalue weighted by atomic mass is 14.9. The molecule has 1 N–H and O–H groups in total. The number of anilines is 1. The fourth-order valence-electron chi connectivity index (χ4n) is 3.96. The summed E-state index contributed by atoms with van der Waals surface area (Å²) in [7, 11) is 0. The maximum atomic E-state index is 3.57. The number of fused-ring (bicyclic) bond motifs is 1. The van der Waals surface area contributed by atoms with E-state index in [1.165, 1.54) is 24.1 Å². The number of para-hydroxylation sites is 1. The molecule has 1 heteroatoms. The zero-order chi connectivity index (χ0) is 13.3. The third kappa shape index (κ3) is 1.92. The summed E-state index contributed by atoms with van der Waals surface area (Å²) in [5.41, 5.74) is 3.13. The lowest BCUT2D eigenvalue weighted by Crippen LogP contribution is -2.44. The van der Waals surface area contributed by atoms with Crippen molar-refractivity contribution in [2.24, 2.45) is 11.8 Å². The topological polar surface area (TPSA) is 12.0 Å². The molecule has 0 aromatic heterocycles. The monoisotopic (exact) mass is 253 g/mol. The summed E-state index contributed by atoms with van der Waals surface area (Å²) in [6, 6.07) is 8.88. The van der Waals surface area contributed by atoms with Gasteiger partial charge in [-0.1, -0.05) is 56.4 Å². The van der Waals surface area contributed by atoms with Crippen molar-refractivity contribution >= 4 is 5.69 Å². The van der Waals surface area contributed by atoms with Gasteiger partial charge in [-0.3, -0.25) is 0 Å². The van der Waals surface area contributed by atoms with Crippen LogP contribution in [0.25, 0.3) is 0 Å². The molecule has 1 nitrogen and oxygen atoms in total. The lowest BCUT2D eigenvalue weighted by Gasteiger charge is -2.48. The molecule has 19 heavy (non-hydrogen) atoms. The second kappa shape index (κ2) is 4.88. The van der Waals surface area contributed by atoms with E-state index in [-0.39, 0.29) is 5.41 Å². The van der Waals surface area contributed by atoms with Crippen LogP contribution in [0.2, 0.25) is 0 Å². The average molecular weight is 253 g/mol. The van der Waals surface area contributed by atoms with E-state index in [2.05, 4.69) is 67.7 Å². The second-order valence-electron chi connectivity index (χ2n) is 6.07. The molecule has 0 spiro atoms. The standard InChI is InChI=1S/C18H23N/c1-14(2)18(15-8-4-3-5-9-15)12-13-19-17-11-7-6-10-16(17)18/h3-8,10-11,14-15,19H,9,12-13H2,1-2H3. The first-order chi connectivity index (χ1) is 9.25. The molecule has 1 aliphatic carbocycles. The van der Waals surface area contributed by atoms with Crippen molar-refractivity contribution in [3.63, 3.8) is 0 Å². The van der Waals surface area contributed by atoms with E-state index in [9.17, 15) is 0 Å². The Kier molecular flexibility index (Phi) is 3.22. The largest absolute Gasteiger partial charge is 0.385 e. The van der Waals surface area contributed by atoms with E-state index < -0.39 is 0 Å².